The van der Waals surface area contributed by atoms with E-state index in [4.69, 9.17) is 5.26 Å². The Labute approximate surface area is 125 Å². The van der Waals surface area contributed by atoms with Crippen LogP contribution in [0, 0.1) is 33.7 Å². The smallest absolute Gasteiger partial charge is 0.153 e. The number of halogens is 1. The summed E-state index contributed by atoms with van der Waals surface area (Å²) in [7, 11) is 0. The average molecular weight is 360 g/mol. The largest absolute Gasteiger partial charge is 0.508 e. The molecule has 1 heterocycles. The van der Waals surface area contributed by atoms with Crippen molar-refractivity contribution in [2.45, 2.75) is 6.92 Å². The van der Waals surface area contributed by atoms with E-state index in [0.717, 1.165) is 20.3 Å². The third kappa shape index (κ3) is 3.24. The van der Waals surface area contributed by atoms with Crippen molar-refractivity contribution in [2.24, 2.45) is 0 Å². The highest BCUT2D eigenvalue weighted by Gasteiger charge is 2.00. The average Bonchev–Trinajstić information content (AvgIpc) is 2.38. The minimum absolute atomic E-state index is 0.234. The van der Waals surface area contributed by atoms with Gasteiger partial charge in [0.1, 0.15) is 11.8 Å². The molecule has 0 atom stereocenters. The third-order valence-electron chi connectivity index (χ3n) is 2.50. The summed E-state index contributed by atoms with van der Waals surface area (Å²) < 4.78 is 0.786. The van der Waals surface area contributed by atoms with Gasteiger partial charge < -0.3 is 5.11 Å². The first kappa shape index (κ1) is 13.4. The molecule has 19 heavy (non-hydrogen) atoms. The highest BCUT2D eigenvalue weighted by Crippen LogP contribution is 2.15. The first-order chi connectivity index (χ1) is 9.10. The molecule has 92 valence electrons. The van der Waals surface area contributed by atoms with E-state index in [-0.39, 0.29) is 5.75 Å². The number of hydrogen-bond acceptors (Lipinski definition) is 3. The number of aryl methyl sites for hydroxylation is 1. The molecule has 0 bridgehead atoms. The van der Waals surface area contributed by atoms with E-state index in [1.54, 1.807) is 24.4 Å². The van der Waals surface area contributed by atoms with Crippen molar-refractivity contribution >= 4 is 22.6 Å². The molecule has 1 N–H and O–H groups in total. The van der Waals surface area contributed by atoms with Crippen molar-refractivity contribution in [3.63, 3.8) is 0 Å². The number of phenolic OH excluding ortho intramolecular Hbond substituents is 1. The van der Waals surface area contributed by atoms with Crippen LogP contribution in [0.25, 0.3) is 0 Å². The van der Waals surface area contributed by atoms with Gasteiger partial charge in [0, 0.05) is 17.3 Å². The lowest BCUT2D eigenvalue weighted by molar-refractivity contribution is 0.475. The van der Waals surface area contributed by atoms with Gasteiger partial charge in [0.2, 0.25) is 0 Å². The van der Waals surface area contributed by atoms with Crippen LogP contribution in [0.1, 0.15) is 22.4 Å². The second kappa shape index (κ2) is 5.73. The van der Waals surface area contributed by atoms with Crippen molar-refractivity contribution in [1.29, 1.82) is 5.26 Å². The van der Waals surface area contributed by atoms with Crippen LogP contribution in [-0.2, 0) is 0 Å². The van der Waals surface area contributed by atoms with Crippen LogP contribution in [0.2, 0.25) is 0 Å². The summed E-state index contributed by atoms with van der Waals surface area (Å²) >= 11 is 2.07. The maximum Gasteiger partial charge on any atom is 0.153 e. The molecule has 0 radical (unpaired) electrons. The molecular formula is C15H9IN2O. The first-order valence-corrected chi connectivity index (χ1v) is 6.55. The fourth-order valence-electron chi connectivity index (χ4n) is 1.52. The van der Waals surface area contributed by atoms with Gasteiger partial charge in [-0.1, -0.05) is 11.8 Å². The summed E-state index contributed by atoms with van der Waals surface area (Å²) in [5.74, 6) is 6.27. The molecule has 2 rings (SSSR count). The van der Waals surface area contributed by atoms with Crippen LogP contribution < -0.4 is 0 Å². The normalized spacial score (nSPS) is 9.32. The summed E-state index contributed by atoms with van der Waals surface area (Å²) in [6.45, 7) is 1.89. The molecule has 3 nitrogen and oxygen atoms in total. The minimum atomic E-state index is 0.234. The lowest BCUT2D eigenvalue weighted by Crippen LogP contribution is -1.89. The molecule has 1 aromatic carbocycles. The number of nitriles is 1. The van der Waals surface area contributed by atoms with Gasteiger partial charge >= 0.3 is 0 Å². The van der Waals surface area contributed by atoms with E-state index in [1.807, 2.05) is 19.1 Å². The molecule has 0 fully saturated rings. The molecule has 2 aromatic rings. The quantitative estimate of drug-likeness (QED) is 0.581. The van der Waals surface area contributed by atoms with Gasteiger partial charge in [0.15, 0.2) is 5.69 Å². The maximum absolute atomic E-state index is 9.33. The molecule has 0 aliphatic heterocycles. The molecule has 0 aliphatic rings. The lowest BCUT2D eigenvalue weighted by Gasteiger charge is -1.98. The monoisotopic (exact) mass is 360 g/mol. The van der Waals surface area contributed by atoms with Crippen molar-refractivity contribution in [2.75, 3.05) is 0 Å². The summed E-state index contributed by atoms with van der Waals surface area (Å²) in [5.41, 5.74) is 2.95. The van der Waals surface area contributed by atoms with Gasteiger partial charge in [-0.05, 0) is 59.3 Å². The molecule has 0 unspecified atom stereocenters. The van der Waals surface area contributed by atoms with Crippen molar-refractivity contribution in [3.05, 3.63) is 56.4 Å². The number of aromatic nitrogens is 1. The summed E-state index contributed by atoms with van der Waals surface area (Å²) in [6, 6.07) is 8.90. The highest BCUT2D eigenvalue weighted by molar-refractivity contribution is 14.1. The second-order valence-electron chi connectivity index (χ2n) is 3.92. The Morgan fingerprint density at radius 2 is 2.05 bits per heavy atom. The number of aromatic hydroxyl groups is 1. The predicted molar refractivity (Wildman–Crippen MR) is 80.5 cm³/mol. The fraction of sp³-hybridized carbons (Fsp3) is 0.0667. The lowest BCUT2D eigenvalue weighted by atomic mass is 10.1. The van der Waals surface area contributed by atoms with E-state index in [9.17, 15) is 5.11 Å². The van der Waals surface area contributed by atoms with E-state index in [0.29, 0.717) is 5.69 Å². The number of pyridine rings is 1. The molecule has 0 saturated carbocycles. The molecule has 0 spiro atoms. The predicted octanol–water partition coefficient (Wildman–Crippen LogP) is 2.97. The second-order valence-corrected chi connectivity index (χ2v) is 5.08. The Kier molecular flexibility index (Phi) is 4.03. The zero-order valence-electron chi connectivity index (χ0n) is 10.1. The topological polar surface area (TPSA) is 56.9 Å². The number of phenols is 1. The number of nitrogens with zero attached hydrogens (tertiary/aromatic N) is 2. The Hall–Kier alpha value is -2.05. The molecule has 0 saturated heterocycles. The molecule has 0 amide bonds. The standard InChI is InChI=1S/C15H9IN2O/c1-10-6-13(19)5-4-12(10)3-2-11-7-14(16)15(8-17)18-9-11/h4-7,9,19H,1H3. The van der Waals surface area contributed by atoms with E-state index < -0.39 is 0 Å². The Morgan fingerprint density at radius 3 is 2.68 bits per heavy atom. The van der Waals surface area contributed by atoms with Gasteiger partial charge in [0.25, 0.3) is 0 Å². The van der Waals surface area contributed by atoms with Crippen molar-refractivity contribution in [3.8, 4) is 23.7 Å². The van der Waals surface area contributed by atoms with Crippen LogP contribution in [0.4, 0.5) is 0 Å². The van der Waals surface area contributed by atoms with Crippen LogP contribution >= 0.6 is 22.6 Å². The number of benzene rings is 1. The van der Waals surface area contributed by atoms with Gasteiger partial charge in [-0.15, -0.1) is 0 Å². The third-order valence-corrected chi connectivity index (χ3v) is 3.32. The van der Waals surface area contributed by atoms with Gasteiger partial charge in [-0.25, -0.2) is 4.98 Å². The number of rotatable bonds is 0. The first-order valence-electron chi connectivity index (χ1n) is 5.47. The minimum Gasteiger partial charge on any atom is -0.508 e. The SMILES string of the molecule is Cc1cc(O)ccc1C#Cc1cnc(C#N)c(I)c1. The van der Waals surface area contributed by atoms with Gasteiger partial charge in [-0.2, -0.15) is 5.26 Å². The van der Waals surface area contributed by atoms with Crippen LogP contribution in [0.3, 0.4) is 0 Å². The van der Waals surface area contributed by atoms with E-state index in [1.165, 1.54) is 0 Å². The molecule has 4 heteroatoms. The molecule has 1 aromatic heterocycles. The fourth-order valence-corrected chi connectivity index (χ4v) is 2.11. The zero-order valence-corrected chi connectivity index (χ0v) is 12.3. The van der Waals surface area contributed by atoms with Crippen LogP contribution in [-0.4, -0.2) is 10.1 Å². The van der Waals surface area contributed by atoms with Crippen molar-refractivity contribution < 1.29 is 5.11 Å². The van der Waals surface area contributed by atoms with E-state index >= 15 is 0 Å². The van der Waals surface area contributed by atoms with Crippen LogP contribution in [0.5, 0.6) is 5.75 Å². The summed E-state index contributed by atoms with van der Waals surface area (Å²) in [4.78, 5) is 4.03. The van der Waals surface area contributed by atoms with Gasteiger partial charge in [-0.3, -0.25) is 0 Å². The number of hydrogen-bond donors (Lipinski definition) is 1. The van der Waals surface area contributed by atoms with Gasteiger partial charge in [0.05, 0.1) is 3.57 Å². The molecule has 0 aliphatic carbocycles. The van der Waals surface area contributed by atoms with Crippen molar-refractivity contribution in [1.82, 2.24) is 4.98 Å². The highest BCUT2D eigenvalue weighted by atomic mass is 127. The Bertz CT molecular complexity index is 736. The molecular weight excluding hydrogens is 351 g/mol. The van der Waals surface area contributed by atoms with Crippen LogP contribution in [0.15, 0.2) is 30.5 Å². The van der Waals surface area contributed by atoms with E-state index in [2.05, 4.69) is 39.4 Å². The summed E-state index contributed by atoms with van der Waals surface area (Å²) in [5, 5.41) is 18.1. The Balaban J connectivity index is 2.34. The zero-order chi connectivity index (χ0) is 13.8. The maximum atomic E-state index is 9.33. The summed E-state index contributed by atoms with van der Waals surface area (Å²) in [6.07, 6.45) is 1.59. The Morgan fingerprint density at radius 1 is 1.26 bits per heavy atom.